The van der Waals surface area contributed by atoms with Crippen LogP contribution in [0.3, 0.4) is 0 Å². The number of aromatic nitrogens is 3. The van der Waals surface area contributed by atoms with Gasteiger partial charge in [0.1, 0.15) is 0 Å². The summed E-state index contributed by atoms with van der Waals surface area (Å²) in [4.78, 5) is 34.4. The second kappa shape index (κ2) is 9.34. The van der Waals surface area contributed by atoms with Crippen LogP contribution in [-0.4, -0.2) is 48.6 Å². The van der Waals surface area contributed by atoms with Crippen molar-refractivity contribution in [2.75, 3.05) is 11.5 Å². The molecule has 0 saturated carbocycles. The predicted molar refractivity (Wildman–Crippen MR) is 107 cm³/mol. The molecule has 9 heteroatoms. The minimum Gasteiger partial charge on any atom is -0.481 e. The van der Waals surface area contributed by atoms with Crippen molar-refractivity contribution in [1.29, 1.82) is 0 Å². The van der Waals surface area contributed by atoms with E-state index >= 15 is 0 Å². The van der Waals surface area contributed by atoms with E-state index in [4.69, 9.17) is 10.2 Å². The molecule has 0 fully saturated rings. The molecule has 2 aromatic carbocycles. The maximum absolute atomic E-state index is 10.8. The van der Waals surface area contributed by atoms with Crippen LogP contribution in [0.5, 0.6) is 0 Å². The van der Waals surface area contributed by atoms with Gasteiger partial charge in [0.2, 0.25) is 0 Å². The number of nitrogens with zero attached hydrogens (tertiary/aromatic N) is 3. The first kappa shape index (κ1) is 19.8. The predicted octanol–water partition coefficient (Wildman–Crippen LogP) is 3.56. The highest BCUT2D eigenvalue weighted by Crippen LogP contribution is 2.26. The van der Waals surface area contributed by atoms with Gasteiger partial charge in [-0.1, -0.05) is 78.1 Å². The van der Waals surface area contributed by atoms with E-state index in [1.165, 1.54) is 0 Å². The van der Waals surface area contributed by atoms with Gasteiger partial charge in [-0.15, -0.1) is 0 Å². The van der Waals surface area contributed by atoms with Crippen LogP contribution >= 0.6 is 23.5 Å². The molecular weight excluding hydrogens is 398 g/mol. The van der Waals surface area contributed by atoms with Crippen LogP contribution in [0.1, 0.15) is 0 Å². The van der Waals surface area contributed by atoms with Crippen molar-refractivity contribution < 1.29 is 19.8 Å². The highest BCUT2D eigenvalue weighted by molar-refractivity contribution is 8.00. The Hall–Kier alpha value is -2.91. The van der Waals surface area contributed by atoms with E-state index in [9.17, 15) is 9.59 Å². The summed E-state index contributed by atoms with van der Waals surface area (Å²) in [6.07, 6.45) is 0. The summed E-state index contributed by atoms with van der Waals surface area (Å²) >= 11 is 1.93. The zero-order chi connectivity index (χ0) is 19.9. The van der Waals surface area contributed by atoms with Gasteiger partial charge in [-0.2, -0.15) is 4.98 Å². The summed E-state index contributed by atoms with van der Waals surface area (Å²) in [6.45, 7) is 0. The molecule has 0 unspecified atom stereocenters. The number of carboxylic acid groups (broad SMARTS) is 2. The molecule has 3 aromatic rings. The van der Waals surface area contributed by atoms with E-state index in [1.807, 2.05) is 54.6 Å². The Bertz CT molecular complexity index is 946. The third kappa shape index (κ3) is 5.54. The maximum Gasteiger partial charge on any atom is 0.313 e. The van der Waals surface area contributed by atoms with Gasteiger partial charge >= 0.3 is 11.9 Å². The molecule has 0 aliphatic heterocycles. The molecule has 0 aliphatic rings. The van der Waals surface area contributed by atoms with Gasteiger partial charge in [0, 0.05) is 5.56 Å². The molecule has 0 atom stereocenters. The Balaban J connectivity index is 1.90. The highest BCUT2D eigenvalue weighted by atomic mass is 32.2. The van der Waals surface area contributed by atoms with Crippen molar-refractivity contribution in [3.05, 3.63) is 54.6 Å². The fourth-order valence-electron chi connectivity index (χ4n) is 2.29. The zero-order valence-corrected chi connectivity index (χ0v) is 16.1. The topological polar surface area (TPSA) is 113 Å². The lowest BCUT2D eigenvalue weighted by molar-refractivity contribution is -0.134. The SMILES string of the molecule is O=C(O)CSc1nc(SCC(=O)O)nc(-c2ccc(-c3ccccc3)cc2)n1. The van der Waals surface area contributed by atoms with Gasteiger partial charge in [-0.3, -0.25) is 9.59 Å². The monoisotopic (exact) mass is 413 g/mol. The first-order valence-corrected chi connectivity index (χ1v) is 10.1. The normalized spacial score (nSPS) is 10.6. The van der Waals surface area contributed by atoms with Crippen molar-refractivity contribution >= 4 is 35.5 Å². The average Bonchev–Trinajstić information content (AvgIpc) is 2.71. The third-order valence-corrected chi connectivity index (χ3v) is 5.16. The Morgan fingerprint density at radius 1 is 0.679 bits per heavy atom. The first-order valence-electron chi connectivity index (χ1n) is 8.12. The number of hydrogen-bond acceptors (Lipinski definition) is 7. The Morgan fingerprint density at radius 3 is 1.64 bits per heavy atom. The van der Waals surface area contributed by atoms with Crippen molar-refractivity contribution in [3.8, 4) is 22.5 Å². The standard InChI is InChI=1S/C19H15N3O4S2/c23-15(24)10-27-18-20-17(21-19(22-18)28-11-16(25)26)14-8-6-13(7-9-14)12-4-2-1-3-5-12/h1-9H,10-11H2,(H,23,24)(H,25,26). The molecule has 0 saturated heterocycles. The highest BCUT2D eigenvalue weighted by Gasteiger charge is 2.12. The number of aliphatic carboxylic acids is 2. The van der Waals surface area contributed by atoms with Crippen LogP contribution in [-0.2, 0) is 9.59 Å². The zero-order valence-electron chi connectivity index (χ0n) is 14.5. The number of carboxylic acids is 2. The van der Waals surface area contributed by atoms with Crippen LogP contribution in [0.25, 0.3) is 22.5 Å². The molecule has 0 amide bonds. The largest absolute Gasteiger partial charge is 0.481 e. The minimum absolute atomic E-state index is 0.195. The molecular formula is C19H15N3O4S2. The molecule has 142 valence electrons. The quantitative estimate of drug-likeness (QED) is 0.535. The fraction of sp³-hybridized carbons (Fsp3) is 0.105. The maximum atomic E-state index is 10.8. The number of rotatable bonds is 8. The second-order valence-corrected chi connectivity index (χ2v) is 7.42. The van der Waals surface area contributed by atoms with Crippen LogP contribution < -0.4 is 0 Å². The van der Waals surface area contributed by atoms with Gasteiger partial charge in [-0.25, -0.2) is 9.97 Å². The number of carbonyl (C=O) groups is 2. The van der Waals surface area contributed by atoms with E-state index in [0.717, 1.165) is 40.2 Å². The smallest absolute Gasteiger partial charge is 0.313 e. The summed E-state index contributed by atoms with van der Waals surface area (Å²) in [5.74, 6) is -1.99. The lowest BCUT2D eigenvalue weighted by Crippen LogP contribution is -2.04. The molecule has 2 N–H and O–H groups in total. The van der Waals surface area contributed by atoms with Gasteiger partial charge in [0.05, 0.1) is 11.5 Å². The van der Waals surface area contributed by atoms with Crippen LogP contribution in [0.15, 0.2) is 64.9 Å². The summed E-state index contributed by atoms with van der Waals surface area (Å²) in [5.41, 5.74) is 2.86. The van der Waals surface area contributed by atoms with E-state index in [1.54, 1.807) is 0 Å². The van der Waals surface area contributed by atoms with E-state index in [-0.39, 0.29) is 21.8 Å². The van der Waals surface area contributed by atoms with Crippen LogP contribution in [0.4, 0.5) is 0 Å². The Labute approximate surface area is 169 Å². The molecule has 28 heavy (non-hydrogen) atoms. The van der Waals surface area contributed by atoms with E-state index < -0.39 is 11.9 Å². The fourth-order valence-corrected chi connectivity index (χ4v) is 3.46. The van der Waals surface area contributed by atoms with Crippen molar-refractivity contribution in [2.45, 2.75) is 10.3 Å². The van der Waals surface area contributed by atoms with Crippen molar-refractivity contribution in [1.82, 2.24) is 15.0 Å². The summed E-state index contributed by atoms with van der Waals surface area (Å²) in [6, 6.07) is 17.5. The van der Waals surface area contributed by atoms with Gasteiger partial charge in [0.15, 0.2) is 16.1 Å². The van der Waals surface area contributed by atoms with E-state index in [2.05, 4.69) is 15.0 Å². The lowest BCUT2D eigenvalue weighted by Gasteiger charge is -2.07. The van der Waals surface area contributed by atoms with E-state index in [0.29, 0.717) is 5.82 Å². The molecule has 0 spiro atoms. The summed E-state index contributed by atoms with van der Waals surface area (Å²) in [7, 11) is 0. The molecule has 0 radical (unpaired) electrons. The average molecular weight is 413 g/mol. The van der Waals surface area contributed by atoms with Gasteiger partial charge in [0.25, 0.3) is 0 Å². The first-order chi connectivity index (χ1) is 13.5. The minimum atomic E-state index is -0.987. The van der Waals surface area contributed by atoms with Crippen LogP contribution in [0.2, 0.25) is 0 Å². The van der Waals surface area contributed by atoms with Crippen molar-refractivity contribution in [3.63, 3.8) is 0 Å². The molecule has 7 nitrogen and oxygen atoms in total. The second-order valence-electron chi connectivity index (χ2n) is 5.53. The Morgan fingerprint density at radius 2 is 1.14 bits per heavy atom. The summed E-state index contributed by atoms with van der Waals surface area (Å²) in [5, 5.41) is 18.2. The van der Waals surface area contributed by atoms with Crippen molar-refractivity contribution in [2.24, 2.45) is 0 Å². The Kier molecular flexibility index (Phi) is 6.62. The third-order valence-electron chi connectivity index (χ3n) is 3.49. The van der Waals surface area contributed by atoms with Gasteiger partial charge in [-0.05, 0) is 11.1 Å². The number of benzene rings is 2. The van der Waals surface area contributed by atoms with Crippen LogP contribution in [0, 0.1) is 0 Å². The molecule has 3 rings (SSSR count). The molecule has 1 heterocycles. The molecule has 0 aliphatic carbocycles. The lowest BCUT2D eigenvalue weighted by atomic mass is 10.0. The number of hydrogen-bond donors (Lipinski definition) is 2. The summed E-state index contributed by atoms with van der Waals surface area (Å²) < 4.78 is 0. The number of thioether (sulfide) groups is 2. The molecule has 1 aromatic heterocycles. The molecule has 0 bridgehead atoms. The van der Waals surface area contributed by atoms with Gasteiger partial charge < -0.3 is 10.2 Å².